The molecule has 0 radical (unpaired) electrons. The molecule has 0 spiro atoms. The van der Waals surface area contributed by atoms with Crippen LogP contribution in [0, 0.1) is 0 Å². The standard InChI is InChI=1S/C13H17NO5S2/c1-2-14(10-5-7-21(17,18)9-10)12(15)8-19-13(16)11-4-3-6-20-11/h3-4,6,10H,2,5,7-9H2,1H3. The van der Waals surface area contributed by atoms with Crippen molar-refractivity contribution < 1.29 is 22.7 Å². The van der Waals surface area contributed by atoms with Crippen LogP contribution in [0.2, 0.25) is 0 Å². The van der Waals surface area contributed by atoms with Gasteiger partial charge in [-0.3, -0.25) is 4.79 Å². The number of nitrogens with zero attached hydrogens (tertiary/aromatic N) is 1. The van der Waals surface area contributed by atoms with Gasteiger partial charge in [0.25, 0.3) is 5.91 Å². The van der Waals surface area contributed by atoms with Gasteiger partial charge in [-0.15, -0.1) is 11.3 Å². The lowest BCUT2D eigenvalue weighted by Gasteiger charge is -2.26. The fraction of sp³-hybridized carbons (Fsp3) is 0.538. The van der Waals surface area contributed by atoms with Crippen molar-refractivity contribution in [1.29, 1.82) is 0 Å². The summed E-state index contributed by atoms with van der Waals surface area (Å²) in [6.45, 7) is 1.82. The predicted octanol–water partition coefficient (Wildman–Crippen LogP) is 0.941. The second-order valence-electron chi connectivity index (χ2n) is 4.79. The van der Waals surface area contributed by atoms with E-state index in [1.54, 1.807) is 24.4 Å². The normalized spacial score (nSPS) is 20.1. The molecule has 0 saturated carbocycles. The Morgan fingerprint density at radius 1 is 1.48 bits per heavy atom. The van der Waals surface area contributed by atoms with E-state index in [1.807, 2.05) is 0 Å². The zero-order valence-corrected chi connectivity index (χ0v) is 13.3. The monoisotopic (exact) mass is 331 g/mol. The summed E-state index contributed by atoms with van der Waals surface area (Å²) < 4.78 is 27.9. The van der Waals surface area contributed by atoms with Crippen LogP contribution in [-0.2, 0) is 19.4 Å². The van der Waals surface area contributed by atoms with Crippen LogP contribution in [-0.4, -0.2) is 55.9 Å². The smallest absolute Gasteiger partial charge is 0.348 e. The zero-order chi connectivity index (χ0) is 15.5. The van der Waals surface area contributed by atoms with E-state index in [1.165, 1.54) is 16.2 Å². The Balaban J connectivity index is 1.90. The molecule has 0 N–H and O–H groups in total. The fourth-order valence-electron chi connectivity index (χ4n) is 2.34. The first-order valence-corrected chi connectivity index (χ1v) is 9.33. The van der Waals surface area contributed by atoms with Gasteiger partial charge in [0, 0.05) is 12.6 Å². The van der Waals surface area contributed by atoms with Crippen molar-refractivity contribution in [3.63, 3.8) is 0 Å². The van der Waals surface area contributed by atoms with E-state index < -0.39 is 15.8 Å². The number of hydrogen-bond acceptors (Lipinski definition) is 6. The number of ether oxygens (including phenoxy) is 1. The topological polar surface area (TPSA) is 80.8 Å². The minimum atomic E-state index is -3.05. The molecule has 1 saturated heterocycles. The van der Waals surface area contributed by atoms with Crippen LogP contribution in [0.4, 0.5) is 0 Å². The van der Waals surface area contributed by atoms with Gasteiger partial charge in [0.05, 0.1) is 11.5 Å². The van der Waals surface area contributed by atoms with E-state index in [-0.39, 0.29) is 30.1 Å². The number of thiophene rings is 1. The Labute approximate surface area is 127 Å². The van der Waals surface area contributed by atoms with Gasteiger partial charge in [-0.2, -0.15) is 0 Å². The third-order valence-electron chi connectivity index (χ3n) is 3.36. The van der Waals surface area contributed by atoms with Crippen LogP contribution in [0.3, 0.4) is 0 Å². The Kier molecular flexibility index (Phi) is 5.00. The number of carbonyl (C=O) groups is 2. The van der Waals surface area contributed by atoms with Crippen molar-refractivity contribution >= 4 is 33.1 Å². The van der Waals surface area contributed by atoms with E-state index in [0.717, 1.165) is 0 Å². The molecule has 116 valence electrons. The zero-order valence-electron chi connectivity index (χ0n) is 11.6. The lowest BCUT2D eigenvalue weighted by atomic mass is 10.2. The van der Waals surface area contributed by atoms with E-state index in [0.29, 0.717) is 17.8 Å². The highest BCUT2D eigenvalue weighted by molar-refractivity contribution is 7.91. The molecule has 8 heteroatoms. The predicted molar refractivity (Wildman–Crippen MR) is 79.0 cm³/mol. The maximum atomic E-state index is 12.1. The third kappa shape index (κ3) is 4.04. The van der Waals surface area contributed by atoms with Crippen LogP contribution >= 0.6 is 11.3 Å². The highest BCUT2D eigenvalue weighted by Crippen LogP contribution is 2.18. The maximum absolute atomic E-state index is 12.1. The number of esters is 1. The van der Waals surface area contributed by atoms with Crippen LogP contribution in [0.25, 0.3) is 0 Å². The number of carbonyl (C=O) groups excluding carboxylic acids is 2. The van der Waals surface area contributed by atoms with Gasteiger partial charge in [0.15, 0.2) is 16.4 Å². The summed E-state index contributed by atoms with van der Waals surface area (Å²) in [5, 5.41) is 1.75. The Hall–Kier alpha value is -1.41. The van der Waals surface area contributed by atoms with Crippen molar-refractivity contribution in [3.05, 3.63) is 22.4 Å². The number of hydrogen-bond donors (Lipinski definition) is 0. The Morgan fingerprint density at radius 3 is 2.76 bits per heavy atom. The number of likely N-dealkylation sites (N-methyl/N-ethyl adjacent to an activating group) is 1. The van der Waals surface area contributed by atoms with Crippen molar-refractivity contribution in [1.82, 2.24) is 4.90 Å². The van der Waals surface area contributed by atoms with Gasteiger partial charge in [-0.1, -0.05) is 6.07 Å². The second-order valence-corrected chi connectivity index (χ2v) is 7.97. The van der Waals surface area contributed by atoms with Gasteiger partial charge in [0.2, 0.25) is 0 Å². The largest absolute Gasteiger partial charge is 0.451 e. The molecule has 1 aromatic heterocycles. The van der Waals surface area contributed by atoms with Gasteiger partial charge < -0.3 is 9.64 Å². The lowest BCUT2D eigenvalue weighted by Crippen LogP contribution is -2.43. The summed E-state index contributed by atoms with van der Waals surface area (Å²) in [7, 11) is -3.05. The third-order valence-corrected chi connectivity index (χ3v) is 5.96. The lowest BCUT2D eigenvalue weighted by molar-refractivity contribution is -0.136. The summed E-state index contributed by atoms with van der Waals surface area (Å²) in [6, 6.07) is 3.04. The second kappa shape index (κ2) is 6.57. The fourth-order valence-corrected chi connectivity index (χ4v) is 4.68. The minimum absolute atomic E-state index is 0.00848. The summed E-state index contributed by atoms with van der Waals surface area (Å²) in [5.74, 6) is -0.792. The molecular formula is C13H17NO5S2. The van der Waals surface area contributed by atoms with Crippen molar-refractivity contribution in [2.24, 2.45) is 0 Å². The van der Waals surface area contributed by atoms with Gasteiger partial charge >= 0.3 is 5.97 Å². The molecule has 1 fully saturated rings. The Bertz CT molecular complexity index is 609. The summed E-state index contributed by atoms with van der Waals surface area (Å²) in [4.78, 5) is 25.7. The van der Waals surface area contributed by atoms with E-state index in [2.05, 4.69) is 0 Å². The summed E-state index contributed by atoms with van der Waals surface area (Å²) in [5.41, 5.74) is 0. The molecule has 1 aromatic rings. The first-order valence-electron chi connectivity index (χ1n) is 6.63. The van der Waals surface area contributed by atoms with E-state index in [4.69, 9.17) is 4.74 Å². The minimum Gasteiger partial charge on any atom is -0.451 e. The Morgan fingerprint density at radius 2 is 2.24 bits per heavy atom. The molecule has 1 aliphatic heterocycles. The molecule has 21 heavy (non-hydrogen) atoms. The van der Waals surface area contributed by atoms with Crippen LogP contribution < -0.4 is 0 Å². The van der Waals surface area contributed by atoms with E-state index in [9.17, 15) is 18.0 Å². The molecule has 1 unspecified atom stereocenters. The molecule has 0 bridgehead atoms. The first-order chi connectivity index (χ1) is 9.93. The van der Waals surface area contributed by atoms with Gasteiger partial charge in [-0.25, -0.2) is 13.2 Å². The number of sulfone groups is 1. The van der Waals surface area contributed by atoms with Crippen LogP contribution in [0.5, 0.6) is 0 Å². The molecule has 2 rings (SSSR count). The SMILES string of the molecule is CCN(C(=O)COC(=O)c1cccs1)C1CCS(=O)(=O)C1. The molecular weight excluding hydrogens is 314 g/mol. The summed E-state index contributed by atoms with van der Waals surface area (Å²) >= 11 is 1.24. The molecule has 0 aliphatic carbocycles. The molecule has 1 atom stereocenters. The number of rotatable bonds is 5. The maximum Gasteiger partial charge on any atom is 0.348 e. The van der Waals surface area contributed by atoms with Crippen molar-refractivity contribution in [2.45, 2.75) is 19.4 Å². The molecule has 1 amide bonds. The van der Waals surface area contributed by atoms with Crippen LogP contribution in [0.15, 0.2) is 17.5 Å². The summed E-state index contributed by atoms with van der Waals surface area (Å²) in [6.07, 6.45) is 0.445. The quantitative estimate of drug-likeness (QED) is 0.750. The highest BCUT2D eigenvalue weighted by Gasteiger charge is 2.34. The molecule has 1 aliphatic rings. The van der Waals surface area contributed by atoms with Crippen LogP contribution in [0.1, 0.15) is 23.0 Å². The average molecular weight is 331 g/mol. The van der Waals surface area contributed by atoms with Gasteiger partial charge in [-0.05, 0) is 24.8 Å². The van der Waals surface area contributed by atoms with E-state index >= 15 is 0 Å². The van der Waals surface area contributed by atoms with Gasteiger partial charge in [0.1, 0.15) is 4.88 Å². The molecule has 0 aromatic carbocycles. The van der Waals surface area contributed by atoms with Crippen molar-refractivity contribution in [3.8, 4) is 0 Å². The number of amides is 1. The van der Waals surface area contributed by atoms with Crippen molar-refractivity contribution in [2.75, 3.05) is 24.7 Å². The molecule has 2 heterocycles. The first kappa shape index (κ1) is 16.0. The molecule has 6 nitrogen and oxygen atoms in total. The highest BCUT2D eigenvalue weighted by atomic mass is 32.2. The average Bonchev–Trinajstić information content (AvgIpc) is 3.06.